The summed E-state index contributed by atoms with van der Waals surface area (Å²) in [4.78, 5) is 28.2. The molecule has 0 spiro atoms. The van der Waals surface area contributed by atoms with E-state index in [1.54, 1.807) is 73.8 Å². The van der Waals surface area contributed by atoms with E-state index in [-0.39, 0.29) is 18.1 Å². The third kappa shape index (κ3) is 3.61. The minimum absolute atomic E-state index is 0.139. The summed E-state index contributed by atoms with van der Waals surface area (Å²) in [6, 6.07) is 19.0. The van der Waals surface area contributed by atoms with Gasteiger partial charge in [0.2, 0.25) is 6.79 Å². The van der Waals surface area contributed by atoms with Gasteiger partial charge in [0.15, 0.2) is 11.5 Å². The molecule has 2 aliphatic rings. The predicted octanol–water partition coefficient (Wildman–Crippen LogP) is 3.83. The van der Waals surface area contributed by atoms with Crippen LogP contribution < -0.4 is 29.2 Å². The highest BCUT2D eigenvalue weighted by Crippen LogP contribution is 2.38. The van der Waals surface area contributed by atoms with Gasteiger partial charge in [0.05, 0.1) is 25.5 Å². The second-order valence-electron chi connectivity index (χ2n) is 7.32. The van der Waals surface area contributed by atoms with E-state index in [2.05, 4.69) is 5.32 Å². The van der Waals surface area contributed by atoms with E-state index in [0.717, 1.165) is 4.90 Å². The molecule has 2 amide bonds. The summed E-state index contributed by atoms with van der Waals surface area (Å²) in [5.41, 5.74) is 2.00. The van der Waals surface area contributed by atoms with Crippen LogP contribution in [0.3, 0.4) is 0 Å². The van der Waals surface area contributed by atoms with Crippen molar-refractivity contribution in [3.05, 3.63) is 78.0 Å². The first kappa shape index (κ1) is 20.4. The average Bonchev–Trinajstić information content (AvgIpc) is 3.41. The molecule has 5 rings (SSSR count). The van der Waals surface area contributed by atoms with Crippen LogP contribution in [0.2, 0.25) is 0 Å². The molecule has 0 fully saturated rings. The lowest BCUT2D eigenvalue weighted by Gasteiger charge is -2.16. The SMILES string of the molecule is COc1ccc(C2=C(Nc3ccc4c(c3)OCO4)C(=O)N(c3cccc(OC)c3)C2=O)cc1. The second kappa shape index (κ2) is 8.23. The number of imide groups is 1. The second-order valence-corrected chi connectivity index (χ2v) is 7.32. The lowest BCUT2D eigenvalue weighted by atomic mass is 10.0. The maximum Gasteiger partial charge on any atom is 0.282 e. The number of benzene rings is 3. The van der Waals surface area contributed by atoms with Crippen LogP contribution in [-0.2, 0) is 9.59 Å². The first-order valence-corrected chi connectivity index (χ1v) is 10.2. The molecule has 0 atom stereocenters. The summed E-state index contributed by atoms with van der Waals surface area (Å²) in [6.45, 7) is 0.139. The Labute approximate surface area is 189 Å². The zero-order chi connectivity index (χ0) is 22.9. The molecule has 0 aromatic heterocycles. The number of amides is 2. The number of hydrogen-bond acceptors (Lipinski definition) is 7. The fourth-order valence-corrected chi connectivity index (χ4v) is 3.77. The molecule has 3 aromatic rings. The van der Waals surface area contributed by atoms with Crippen LogP contribution in [0.15, 0.2) is 72.4 Å². The molecular formula is C25H20N2O6. The number of carbonyl (C=O) groups is 2. The van der Waals surface area contributed by atoms with Crippen molar-refractivity contribution >= 4 is 28.8 Å². The van der Waals surface area contributed by atoms with Gasteiger partial charge in [-0.25, -0.2) is 4.90 Å². The van der Waals surface area contributed by atoms with Crippen molar-refractivity contribution in [1.82, 2.24) is 0 Å². The summed E-state index contributed by atoms with van der Waals surface area (Å²) in [6.07, 6.45) is 0. The molecule has 0 bridgehead atoms. The fourth-order valence-electron chi connectivity index (χ4n) is 3.77. The molecule has 0 saturated carbocycles. The Bertz CT molecular complexity index is 1280. The zero-order valence-corrected chi connectivity index (χ0v) is 18.0. The van der Waals surface area contributed by atoms with Crippen molar-refractivity contribution < 1.29 is 28.5 Å². The maximum atomic E-state index is 13.5. The zero-order valence-electron chi connectivity index (χ0n) is 18.0. The van der Waals surface area contributed by atoms with Crippen LogP contribution in [0.4, 0.5) is 11.4 Å². The molecule has 0 aliphatic carbocycles. The monoisotopic (exact) mass is 444 g/mol. The molecule has 1 N–H and O–H groups in total. The van der Waals surface area contributed by atoms with Crippen LogP contribution in [0, 0.1) is 0 Å². The van der Waals surface area contributed by atoms with E-state index >= 15 is 0 Å². The standard InChI is InChI=1S/C25H20N2O6/c1-30-18-9-6-15(7-10-18)22-23(26-16-8-11-20-21(12-16)33-14-32-20)25(29)27(24(22)28)17-4-3-5-19(13-17)31-2/h3-13,26H,14H2,1-2H3. The summed E-state index contributed by atoms with van der Waals surface area (Å²) in [5, 5.41) is 3.13. The van der Waals surface area contributed by atoms with Gasteiger partial charge in [-0.2, -0.15) is 0 Å². The average molecular weight is 444 g/mol. The van der Waals surface area contributed by atoms with Crippen molar-refractivity contribution in [1.29, 1.82) is 0 Å². The van der Waals surface area contributed by atoms with Crippen molar-refractivity contribution in [3.63, 3.8) is 0 Å². The van der Waals surface area contributed by atoms with Gasteiger partial charge in [0.1, 0.15) is 17.2 Å². The molecule has 2 aliphatic heterocycles. The Morgan fingerprint density at radius 3 is 2.33 bits per heavy atom. The number of methoxy groups -OCH3 is 2. The number of nitrogens with zero attached hydrogens (tertiary/aromatic N) is 1. The number of anilines is 2. The van der Waals surface area contributed by atoms with Gasteiger partial charge < -0.3 is 24.3 Å². The van der Waals surface area contributed by atoms with E-state index < -0.39 is 11.8 Å². The van der Waals surface area contributed by atoms with Gasteiger partial charge in [-0.1, -0.05) is 18.2 Å². The Kier molecular flexibility index (Phi) is 5.10. The van der Waals surface area contributed by atoms with Crippen molar-refractivity contribution in [2.45, 2.75) is 0 Å². The molecule has 166 valence electrons. The summed E-state index contributed by atoms with van der Waals surface area (Å²) >= 11 is 0. The Morgan fingerprint density at radius 1 is 0.818 bits per heavy atom. The Hall–Kier alpha value is -4.46. The molecule has 2 heterocycles. The Morgan fingerprint density at radius 2 is 1.58 bits per heavy atom. The number of rotatable bonds is 6. The highest BCUT2D eigenvalue weighted by Gasteiger charge is 2.40. The molecule has 0 radical (unpaired) electrons. The molecule has 0 unspecified atom stereocenters. The fraction of sp³-hybridized carbons (Fsp3) is 0.120. The van der Waals surface area contributed by atoms with Crippen molar-refractivity contribution in [2.75, 3.05) is 31.2 Å². The van der Waals surface area contributed by atoms with E-state index in [9.17, 15) is 9.59 Å². The third-order valence-corrected chi connectivity index (χ3v) is 5.42. The number of fused-ring (bicyclic) bond motifs is 1. The quantitative estimate of drug-likeness (QED) is 0.579. The lowest BCUT2D eigenvalue weighted by molar-refractivity contribution is -0.120. The van der Waals surface area contributed by atoms with Gasteiger partial charge in [0.25, 0.3) is 11.8 Å². The molecular weight excluding hydrogens is 424 g/mol. The first-order valence-electron chi connectivity index (χ1n) is 10.2. The Balaban J connectivity index is 1.58. The maximum absolute atomic E-state index is 13.5. The topological polar surface area (TPSA) is 86.3 Å². The number of carbonyl (C=O) groups excluding carboxylic acids is 2. The summed E-state index contributed by atoms with van der Waals surface area (Å²) in [7, 11) is 3.09. The van der Waals surface area contributed by atoms with Crippen LogP contribution >= 0.6 is 0 Å². The van der Waals surface area contributed by atoms with Crippen LogP contribution in [0.1, 0.15) is 5.56 Å². The smallest absolute Gasteiger partial charge is 0.282 e. The van der Waals surface area contributed by atoms with Crippen LogP contribution in [0.5, 0.6) is 23.0 Å². The lowest BCUT2D eigenvalue weighted by Crippen LogP contribution is -2.32. The van der Waals surface area contributed by atoms with E-state index in [0.29, 0.717) is 39.9 Å². The summed E-state index contributed by atoms with van der Waals surface area (Å²) < 4.78 is 21.3. The van der Waals surface area contributed by atoms with E-state index in [1.165, 1.54) is 7.11 Å². The normalized spacial score (nSPS) is 14.7. The summed E-state index contributed by atoms with van der Waals surface area (Å²) in [5.74, 6) is 1.45. The third-order valence-electron chi connectivity index (χ3n) is 5.42. The first-order chi connectivity index (χ1) is 16.1. The molecule has 8 nitrogen and oxygen atoms in total. The number of ether oxygens (including phenoxy) is 4. The van der Waals surface area contributed by atoms with Crippen LogP contribution in [-0.4, -0.2) is 32.8 Å². The van der Waals surface area contributed by atoms with Gasteiger partial charge in [-0.15, -0.1) is 0 Å². The highest BCUT2D eigenvalue weighted by atomic mass is 16.7. The molecule has 8 heteroatoms. The van der Waals surface area contributed by atoms with E-state index in [1.807, 2.05) is 0 Å². The van der Waals surface area contributed by atoms with Gasteiger partial charge in [0, 0.05) is 17.8 Å². The predicted molar refractivity (Wildman–Crippen MR) is 122 cm³/mol. The number of nitrogens with one attached hydrogen (secondary N) is 1. The van der Waals surface area contributed by atoms with E-state index in [4.69, 9.17) is 18.9 Å². The van der Waals surface area contributed by atoms with Crippen LogP contribution in [0.25, 0.3) is 5.57 Å². The van der Waals surface area contributed by atoms with Gasteiger partial charge in [-0.3, -0.25) is 9.59 Å². The molecule has 0 saturated heterocycles. The van der Waals surface area contributed by atoms with Crippen molar-refractivity contribution in [2.24, 2.45) is 0 Å². The molecule has 33 heavy (non-hydrogen) atoms. The minimum Gasteiger partial charge on any atom is -0.497 e. The highest BCUT2D eigenvalue weighted by molar-refractivity contribution is 6.46. The minimum atomic E-state index is -0.475. The number of hydrogen-bond donors (Lipinski definition) is 1. The molecule has 3 aromatic carbocycles. The largest absolute Gasteiger partial charge is 0.497 e. The van der Waals surface area contributed by atoms with Crippen molar-refractivity contribution in [3.8, 4) is 23.0 Å². The van der Waals surface area contributed by atoms with Gasteiger partial charge in [-0.05, 0) is 42.0 Å². The van der Waals surface area contributed by atoms with Gasteiger partial charge >= 0.3 is 0 Å².